The number of halogens is 1. The van der Waals surface area contributed by atoms with Crippen molar-refractivity contribution in [2.45, 2.75) is 12.6 Å². The van der Waals surface area contributed by atoms with Crippen molar-refractivity contribution in [3.63, 3.8) is 0 Å². The first kappa shape index (κ1) is 25.3. The lowest BCUT2D eigenvalue weighted by Gasteiger charge is -2.27. The van der Waals surface area contributed by atoms with Gasteiger partial charge in [0.15, 0.2) is 11.5 Å². The van der Waals surface area contributed by atoms with Gasteiger partial charge in [-0.15, -0.1) is 0 Å². The summed E-state index contributed by atoms with van der Waals surface area (Å²) in [5.74, 6) is -1.78. The predicted octanol–water partition coefficient (Wildman–Crippen LogP) is 5.77. The van der Waals surface area contributed by atoms with E-state index in [0.717, 1.165) is 4.47 Å². The summed E-state index contributed by atoms with van der Waals surface area (Å²) in [6, 6.07) is 19.5. The van der Waals surface area contributed by atoms with Crippen molar-refractivity contribution in [1.29, 1.82) is 0 Å². The summed E-state index contributed by atoms with van der Waals surface area (Å²) in [6.45, 7) is 0.0743. The van der Waals surface area contributed by atoms with Gasteiger partial charge in [-0.05, 0) is 59.7 Å². The summed E-state index contributed by atoms with van der Waals surface area (Å²) >= 11 is 3.41. The van der Waals surface area contributed by atoms with E-state index in [4.69, 9.17) is 13.9 Å². The summed E-state index contributed by atoms with van der Waals surface area (Å²) < 4.78 is 16.6. The lowest BCUT2D eigenvalue weighted by molar-refractivity contribution is -0.130. The number of hydrogen-bond acceptors (Lipinski definition) is 7. The lowest BCUT2D eigenvalue weighted by atomic mass is 9.94. The molecule has 5 rings (SSSR count). The van der Waals surface area contributed by atoms with Gasteiger partial charge in [0.2, 0.25) is 5.78 Å². The Bertz CT molecular complexity index is 1590. The molecule has 1 N–H and O–H groups in total. The smallest absolute Gasteiger partial charge is 0.337 e. The minimum Gasteiger partial charge on any atom is -0.503 e. The predicted molar refractivity (Wildman–Crippen MR) is 142 cm³/mol. The third-order valence-corrected chi connectivity index (χ3v) is 6.90. The van der Waals surface area contributed by atoms with Gasteiger partial charge in [-0.1, -0.05) is 40.2 Å². The number of aliphatic hydroxyl groups excluding tert-OH is 1. The molecule has 1 aromatic heterocycles. The highest BCUT2D eigenvalue weighted by Gasteiger charge is 2.44. The van der Waals surface area contributed by atoms with Gasteiger partial charge in [0.1, 0.15) is 11.3 Å². The van der Waals surface area contributed by atoms with Gasteiger partial charge >= 0.3 is 5.97 Å². The van der Waals surface area contributed by atoms with E-state index in [2.05, 4.69) is 15.9 Å². The quantitative estimate of drug-likeness (QED) is 0.220. The molecule has 3 aromatic carbocycles. The fourth-order valence-corrected chi connectivity index (χ4v) is 4.88. The van der Waals surface area contributed by atoms with E-state index >= 15 is 0 Å². The number of esters is 1. The second-order valence-electron chi connectivity index (χ2n) is 8.68. The zero-order chi connectivity index (χ0) is 27.0. The average molecular weight is 576 g/mol. The number of amides is 1. The Labute approximate surface area is 226 Å². The van der Waals surface area contributed by atoms with Crippen LogP contribution >= 0.6 is 15.9 Å². The molecule has 1 aliphatic heterocycles. The molecule has 38 heavy (non-hydrogen) atoms. The molecule has 8 nitrogen and oxygen atoms in total. The number of benzene rings is 3. The molecular formula is C29H22BrNO7. The Balaban J connectivity index is 1.55. The fourth-order valence-electron chi connectivity index (χ4n) is 4.50. The number of rotatable bonds is 7. The molecule has 0 bridgehead atoms. The first-order valence-electron chi connectivity index (χ1n) is 11.6. The van der Waals surface area contributed by atoms with Crippen molar-refractivity contribution >= 4 is 44.6 Å². The fraction of sp³-hybridized carbons (Fsp3) is 0.138. The highest BCUT2D eigenvalue weighted by molar-refractivity contribution is 9.10. The maximum absolute atomic E-state index is 13.7. The Morgan fingerprint density at radius 3 is 2.37 bits per heavy atom. The number of carbonyl (C=O) groups is 3. The largest absolute Gasteiger partial charge is 0.503 e. The van der Waals surface area contributed by atoms with Crippen LogP contribution in [0, 0.1) is 0 Å². The van der Waals surface area contributed by atoms with Crippen LogP contribution in [0.4, 0.5) is 0 Å². The third-order valence-electron chi connectivity index (χ3n) is 6.41. The number of ketones is 1. The van der Waals surface area contributed by atoms with E-state index in [1.165, 1.54) is 12.0 Å². The van der Waals surface area contributed by atoms with Crippen LogP contribution in [0.15, 0.2) is 93.0 Å². The van der Waals surface area contributed by atoms with Gasteiger partial charge < -0.3 is 23.9 Å². The summed E-state index contributed by atoms with van der Waals surface area (Å²) in [5.41, 5.74) is 2.09. The lowest BCUT2D eigenvalue weighted by Crippen LogP contribution is -2.30. The molecule has 4 aromatic rings. The van der Waals surface area contributed by atoms with Gasteiger partial charge in [0, 0.05) is 16.4 Å². The molecule has 1 aliphatic rings. The SMILES string of the molecule is COC(=O)c1ccc(CN2C(=O)C(O)=C(C(=O)c3cc4cc(Br)ccc4o3)C2c2ccc(OC)cc2)cc1. The van der Waals surface area contributed by atoms with Gasteiger partial charge in [-0.25, -0.2) is 4.79 Å². The van der Waals surface area contributed by atoms with E-state index in [0.29, 0.717) is 33.4 Å². The van der Waals surface area contributed by atoms with Gasteiger partial charge in [0.05, 0.1) is 31.4 Å². The molecule has 0 radical (unpaired) electrons. The van der Waals surface area contributed by atoms with Crippen LogP contribution in [0.5, 0.6) is 5.75 Å². The number of nitrogens with zero attached hydrogens (tertiary/aromatic N) is 1. The maximum Gasteiger partial charge on any atom is 0.337 e. The van der Waals surface area contributed by atoms with Crippen LogP contribution in [0.1, 0.15) is 38.1 Å². The Kier molecular flexibility index (Phi) is 6.77. The number of carbonyl (C=O) groups excluding carboxylic acids is 3. The Morgan fingerprint density at radius 1 is 1.00 bits per heavy atom. The summed E-state index contributed by atoms with van der Waals surface area (Å²) in [6.07, 6.45) is 0. The van der Waals surface area contributed by atoms with Crippen LogP contribution in [0.3, 0.4) is 0 Å². The second-order valence-corrected chi connectivity index (χ2v) is 9.60. The minimum absolute atomic E-state index is 0.00948. The molecule has 1 atom stereocenters. The zero-order valence-corrected chi connectivity index (χ0v) is 22.0. The molecular weight excluding hydrogens is 554 g/mol. The zero-order valence-electron chi connectivity index (χ0n) is 20.4. The highest BCUT2D eigenvalue weighted by atomic mass is 79.9. The topological polar surface area (TPSA) is 106 Å². The van der Waals surface area contributed by atoms with Crippen LogP contribution in [-0.2, 0) is 16.1 Å². The molecule has 9 heteroatoms. The average Bonchev–Trinajstić information content (AvgIpc) is 3.47. The minimum atomic E-state index is -0.888. The molecule has 1 amide bonds. The second kappa shape index (κ2) is 10.2. The van der Waals surface area contributed by atoms with Gasteiger partial charge in [0.25, 0.3) is 5.91 Å². The molecule has 1 unspecified atom stereocenters. The van der Waals surface area contributed by atoms with Crippen LogP contribution in [-0.4, -0.2) is 41.9 Å². The van der Waals surface area contributed by atoms with Crippen LogP contribution in [0.25, 0.3) is 11.0 Å². The van der Waals surface area contributed by atoms with E-state index in [1.54, 1.807) is 73.8 Å². The number of furan rings is 1. The van der Waals surface area contributed by atoms with Gasteiger partial charge in [-0.2, -0.15) is 0 Å². The number of methoxy groups -OCH3 is 2. The van der Waals surface area contributed by atoms with E-state index in [1.807, 2.05) is 6.07 Å². The summed E-state index contributed by atoms with van der Waals surface area (Å²) in [5, 5.41) is 11.7. The van der Waals surface area contributed by atoms with Crippen molar-refractivity contribution in [3.05, 3.63) is 111 Å². The van der Waals surface area contributed by atoms with Crippen molar-refractivity contribution in [2.75, 3.05) is 14.2 Å². The Morgan fingerprint density at radius 2 is 1.71 bits per heavy atom. The molecule has 0 spiro atoms. The van der Waals surface area contributed by atoms with Crippen molar-refractivity contribution in [2.24, 2.45) is 0 Å². The Hall–Kier alpha value is -4.37. The highest BCUT2D eigenvalue weighted by Crippen LogP contribution is 2.41. The molecule has 2 heterocycles. The maximum atomic E-state index is 13.7. The van der Waals surface area contributed by atoms with E-state index in [9.17, 15) is 19.5 Å². The standard InChI is InChI=1S/C29H22BrNO7/c1-36-21-10-7-17(8-11-21)25-24(26(32)23-14-19-13-20(30)9-12-22(19)38-23)27(33)28(34)31(25)15-16-3-5-18(6-4-16)29(35)37-2/h3-14,25,33H,15H2,1-2H3. The number of fused-ring (bicyclic) bond motifs is 1. The number of hydrogen-bond donors (Lipinski definition) is 1. The van der Waals surface area contributed by atoms with Crippen LogP contribution in [0.2, 0.25) is 0 Å². The normalized spacial score (nSPS) is 15.3. The first-order chi connectivity index (χ1) is 18.3. The first-order valence-corrected chi connectivity index (χ1v) is 12.4. The number of aliphatic hydroxyl groups is 1. The van der Waals surface area contributed by atoms with E-state index < -0.39 is 29.5 Å². The summed E-state index contributed by atoms with van der Waals surface area (Å²) in [4.78, 5) is 40.3. The number of ether oxygens (including phenoxy) is 2. The van der Waals surface area contributed by atoms with Crippen molar-refractivity contribution in [3.8, 4) is 5.75 Å². The summed E-state index contributed by atoms with van der Waals surface area (Å²) in [7, 11) is 2.84. The number of Topliss-reactive ketones (excluding diaryl/α,β-unsaturated/α-hetero) is 1. The molecule has 0 saturated carbocycles. The molecule has 192 valence electrons. The third kappa shape index (κ3) is 4.56. The van der Waals surface area contributed by atoms with Crippen molar-refractivity contribution < 1.29 is 33.4 Å². The monoisotopic (exact) mass is 575 g/mol. The molecule has 0 aliphatic carbocycles. The van der Waals surface area contributed by atoms with Crippen molar-refractivity contribution in [1.82, 2.24) is 4.90 Å². The van der Waals surface area contributed by atoms with E-state index in [-0.39, 0.29) is 17.9 Å². The molecule has 0 saturated heterocycles. The van der Waals surface area contributed by atoms with Crippen LogP contribution < -0.4 is 4.74 Å². The van der Waals surface area contributed by atoms with Gasteiger partial charge in [-0.3, -0.25) is 9.59 Å². The molecule has 0 fully saturated rings.